The summed E-state index contributed by atoms with van der Waals surface area (Å²) >= 11 is 0. The van der Waals surface area contributed by atoms with Gasteiger partial charge in [0.15, 0.2) is 0 Å². The summed E-state index contributed by atoms with van der Waals surface area (Å²) in [5.41, 5.74) is 7.05. The van der Waals surface area contributed by atoms with Crippen LogP contribution in [0.2, 0.25) is 0 Å². The second-order valence-electron chi connectivity index (χ2n) is 5.10. The molecule has 0 saturated heterocycles. The Morgan fingerprint density at radius 2 is 2.00 bits per heavy atom. The van der Waals surface area contributed by atoms with Crippen molar-refractivity contribution in [2.24, 2.45) is 11.1 Å². The standard InChI is InChI=1S/C15H24N2O2/c1-4-15(5-2,9-16)10-17-14(19)12-6-7-13(18)11(3)8-12/h6-8,18H,4-5,9-10,16H2,1-3H3,(H,17,19). The fourth-order valence-corrected chi connectivity index (χ4v) is 2.03. The predicted molar refractivity (Wildman–Crippen MR) is 77.2 cm³/mol. The first-order chi connectivity index (χ1) is 8.98. The highest BCUT2D eigenvalue weighted by Crippen LogP contribution is 2.24. The molecule has 0 heterocycles. The minimum atomic E-state index is -0.122. The van der Waals surface area contributed by atoms with Crippen LogP contribution >= 0.6 is 0 Å². The van der Waals surface area contributed by atoms with Crippen LogP contribution in [0.15, 0.2) is 18.2 Å². The molecule has 1 aromatic carbocycles. The lowest BCUT2D eigenvalue weighted by molar-refractivity contribution is 0.0928. The molecule has 0 aromatic heterocycles. The molecule has 0 bridgehead atoms. The van der Waals surface area contributed by atoms with E-state index in [1.807, 2.05) is 0 Å². The van der Waals surface area contributed by atoms with Crippen molar-refractivity contribution < 1.29 is 9.90 Å². The van der Waals surface area contributed by atoms with Crippen LogP contribution in [0.3, 0.4) is 0 Å². The number of carbonyl (C=O) groups excluding carboxylic acids is 1. The molecular weight excluding hydrogens is 240 g/mol. The summed E-state index contributed by atoms with van der Waals surface area (Å²) in [5.74, 6) is 0.0813. The Kier molecular flexibility index (Phi) is 5.36. The Bertz CT molecular complexity index is 432. The summed E-state index contributed by atoms with van der Waals surface area (Å²) in [7, 11) is 0. The van der Waals surface area contributed by atoms with Crippen LogP contribution in [0.5, 0.6) is 5.75 Å². The maximum atomic E-state index is 12.1. The van der Waals surface area contributed by atoms with Crippen molar-refractivity contribution in [1.82, 2.24) is 5.32 Å². The molecular formula is C15H24N2O2. The van der Waals surface area contributed by atoms with E-state index in [1.54, 1.807) is 25.1 Å². The average molecular weight is 264 g/mol. The zero-order chi connectivity index (χ0) is 14.5. The lowest BCUT2D eigenvalue weighted by Gasteiger charge is -2.30. The second kappa shape index (κ2) is 6.57. The van der Waals surface area contributed by atoms with Gasteiger partial charge >= 0.3 is 0 Å². The summed E-state index contributed by atoms with van der Waals surface area (Å²) < 4.78 is 0. The summed E-state index contributed by atoms with van der Waals surface area (Å²) in [6.07, 6.45) is 1.88. The minimum absolute atomic E-state index is 0.0262. The molecule has 106 valence electrons. The summed E-state index contributed by atoms with van der Waals surface area (Å²) in [5, 5.41) is 12.4. The number of carbonyl (C=O) groups is 1. The molecule has 0 aliphatic heterocycles. The molecule has 1 aromatic rings. The van der Waals surface area contributed by atoms with Gasteiger partial charge in [-0.3, -0.25) is 4.79 Å². The molecule has 4 heteroatoms. The van der Waals surface area contributed by atoms with Gasteiger partial charge in [-0.05, 0) is 55.5 Å². The molecule has 1 amide bonds. The van der Waals surface area contributed by atoms with Gasteiger partial charge < -0.3 is 16.2 Å². The number of phenolic OH excluding ortho intramolecular Hbond substituents is 1. The van der Waals surface area contributed by atoms with Crippen molar-refractivity contribution in [3.8, 4) is 5.75 Å². The van der Waals surface area contributed by atoms with E-state index < -0.39 is 0 Å². The zero-order valence-corrected chi connectivity index (χ0v) is 12.0. The molecule has 19 heavy (non-hydrogen) atoms. The topological polar surface area (TPSA) is 75.3 Å². The maximum Gasteiger partial charge on any atom is 0.251 e. The summed E-state index contributed by atoms with van der Waals surface area (Å²) in [6.45, 7) is 7.10. The number of benzene rings is 1. The van der Waals surface area contributed by atoms with E-state index in [-0.39, 0.29) is 17.1 Å². The summed E-state index contributed by atoms with van der Waals surface area (Å²) in [4.78, 5) is 12.1. The molecule has 1 rings (SSSR count). The molecule has 0 atom stereocenters. The number of aromatic hydroxyl groups is 1. The number of rotatable bonds is 6. The van der Waals surface area contributed by atoms with Crippen molar-refractivity contribution in [2.45, 2.75) is 33.6 Å². The van der Waals surface area contributed by atoms with Crippen LogP contribution in [0.25, 0.3) is 0 Å². The number of nitrogens with one attached hydrogen (secondary N) is 1. The number of hydrogen-bond acceptors (Lipinski definition) is 3. The van der Waals surface area contributed by atoms with E-state index in [1.165, 1.54) is 0 Å². The highest BCUT2D eigenvalue weighted by molar-refractivity contribution is 5.94. The maximum absolute atomic E-state index is 12.1. The first kappa shape index (κ1) is 15.5. The molecule has 0 aliphatic rings. The van der Waals surface area contributed by atoms with Crippen molar-refractivity contribution in [3.63, 3.8) is 0 Å². The Labute approximate surface area is 115 Å². The van der Waals surface area contributed by atoms with Gasteiger partial charge in [-0.2, -0.15) is 0 Å². The van der Waals surface area contributed by atoms with Crippen LogP contribution in [0.4, 0.5) is 0 Å². The molecule has 0 radical (unpaired) electrons. The Hall–Kier alpha value is -1.55. The van der Waals surface area contributed by atoms with Crippen LogP contribution in [-0.2, 0) is 0 Å². The van der Waals surface area contributed by atoms with Crippen LogP contribution in [0, 0.1) is 12.3 Å². The predicted octanol–water partition coefficient (Wildman–Crippen LogP) is 2.20. The monoisotopic (exact) mass is 264 g/mol. The number of hydrogen-bond donors (Lipinski definition) is 3. The van der Waals surface area contributed by atoms with Gasteiger partial charge in [0, 0.05) is 12.1 Å². The van der Waals surface area contributed by atoms with E-state index in [2.05, 4.69) is 19.2 Å². The smallest absolute Gasteiger partial charge is 0.251 e. The highest BCUT2D eigenvalue weighted by atomic mass is 16.3. The third kappa shape index (κ3) is 3.70. The normalized spacial score (nSPS) is 11.4. The third-order valence-corrected chi connectivity index (χ3v) is 4.02. The molecule has 0 saturated carbocycles. The van der Waals surface area contributed by atoms with Gasteiger partial charge in [0.1, 0.15) is 5.75 Å². The van der Waals surface area contributed by atoms with Gasteiger partial charge in [-0.15, -0.1) is 0 Å². The Morgan fingerprint density at radius 1 is 1.37 bits per heavy atom. The fourth-order valence-electron chi connectivity index (χ4n) is 2.03. The molecule has 0 aliphatic carbocycles. The number of amides is 1. The van der Waals surface area contributed by atoms with Crippen molar-refractivity contribution in [2.75, 3.05) is 13.1 Å². The SMILES string of the molecule is CCC(CC)(CN)CNC(=O)c1ccc(O)c(C)c1. The van der Waals surface area contributed by atoms with Crippen molar-refractivity contribution in [1.29, 1.82) is 0 Å². The Balaban J connectivity index is 2.72. The van der Waals surface area contributed by atoms with Crippen LogP contribution in [-0.4, -0.2) is 24.1 Å². The molecule has 4 nitrogen and oxygen atoms in total. The van der Waals surface area contributed by atoms with Crippen LogP contribution in [0.1, 0.15) is 42.6 Å². The first-order valence-electron chi connectivity index (χ1n) is 6.76. The average Bonchev–Trinajstić information content (AvgIpc) is 2.43. The van der Waals surface area contributed by atoms with Crippen molar-refractivity contribution in [3.05, 3.63) is 29.3 Å². The molecule has 0 unspecified atom stereocenters. The van der Waals surface area contributed by atoms with Gasteiger partial charge in [-0.1, -0.05) is 13.8 Å². The number of nitrogens with two attached hydrogens (primary N) is 1. The van der Waals surface area contributed by atoms with Crippen molar-refractivity contribution >= 4 is 5.91 Å². The first-order valence-corrected chi connectivity index (χ1v) is 6.76. The third-order valence-electron chi connectivity index (χ3n) is 4.02. The minimum Gasteiger partial charge on any atom is -0.508 e. The lowest BCUT2D eigenvalue weighted by Crippen LogP contribution is -2.41. The van der Waals surface area contributed by atoms with Gasteiger partial charge in [0.05, 0.1) is 0 Å². The highest BCUT2D eigenvalue weighted by Gasteiger charge is 2.25. The molecule has 0 spiro atoms. The second-order valence-corrected chi connectivity index (χ2v) is 5.10. The number of aryl methyl sites for hydroxylation is 1. The van der Waals surface area contributed by atoms with Gasteiger partial charge in [-0.25, -0.2) is 0 Å². The Morgan fingerprint density at radius 3 is 2.47 bits per heavy atom. The van der Waals surface area contributed by atoms with E-state index in [4.69, 9.17) is 5.73 Å². The zero-order valence-electron chi connectivity index (χ0n) is 12.0. The fraction of sp³-hybridized carbons (Fsp3) is 0.533. The molecule has 4 N–H and O–H groups in total. The van der Waals surface area contributed by atoms with E-state index in [9.17, 15) is 9.90 Å². The van der Waals surface area contributed by atoms with Crippen LogP contribution < -0.4 is 11.1 Å². The van der Waals surface area contributed by atoms with E-state index in [0.29, 0.717) is 24.2 Å². The van der Waals surface area contributed by atoms with Gasteiger partial charge in [0.2, 0.25) is 0 Å². The number of phenols is 1. The lowest BCUT2D eigenvalue weighted by atomic mass is 9.82. The molecule has 0 fully saturated rings. The van der Waals surface area contributed by atoms with E-state index >= 15 is 0 Å². The largest absolute Gasteiger partial charge is 0.508 e. The quantitative estimate of drug-likeness (QED) is 0.737. The van der Waals surface area contributed by atoms with Gasteiger partial charge in [0.25, 0.3) is 5.91 Å². The van der Waals surface area contributed by atoms with E-state index in [0.717, 1.165) is 12.8 Å². The summed E-state index contributed by atoms with van der Waals surface area (Å²) in [6, 6.07) is 4.85.